The van der Waals surface area contributed by atoms with Crippen LogP contribution in [-0.4, -0.2) is 16.8 Å². The Balaban J connectivity index is 2.07. The summed E-state index contributed by atoms with van der Waals surface area (Å²) in [5, 5.41) is 12.3. The van der Waals surface area contributed by atoms with Crippen molar-refractivity contribution in [1.29, 1.82) is 0 Å². The first-order valence-electron chi connectivity index (χ1n) is 6.13. The molecule has 2 aromatic rings. The van der Waals surface area contributed by atoms with Crippen LogP contribution in [0, 0.1) is 0 Å². The summed E-state index contributed by atoms with van der Waals surface area (Å²) in [5.74, 6) is -1.88. The molecule has 0 fully saturated rings. The molecule has 4 nitrogen and oxygen atoms in total. The number of anilines is 1. The molecule has 1 amide bonds. The molecule has 2 rings (SSSR count). The minimum absolute atomic E-state index is 0.254. The van der Waals surface area contributed by atoms with E-state index in [-0.39, 0.29) is 5.76 Å². The van der Waals surface area contributed by atoms with Crippen molar-refractivity contribution in [2.75, 3.05) is 5.32 Å². The zero-order valence-corrected chi connectivity index (χ0v) is 12.5. The van der Waals surface area contributed by atoms with E-state index in [2.05, 4.69) is 21.2 Å². The summed E-state index contributed by atoms with van der Waals surface area (Å²) in [7, 11) is 0. The molecule has 106 valence electrons. The van der Waals surface area contributed by atoms with Gasteiger partial charge in [0.2, 0.25) is 5.78 Å². The molecule has 2 N–H and O–H groups in total. The van der Waals surface area contributed by atoms with E-state index in [4.69, 9.17) is 0 Å². The molecule has 0 atom stereocenters. The van der Waals surface area contributed by atoms with Gasteiger partial charge in [0.15, 0.2) is 0 Å². The number of ketones is 1. The summed E-state index contributed by atoms with van der Waals surface area (Å²) in [4.78, 5) is 23.4. The highest BCUT2D eigenvalue weighted by Crippen LogP contribution is 2.16. The average Bonchev–Trinajstić information content (AvgIpc) is 2.48. The van der Waals surface area contributed by atoms with Crippen molar-refractivity contribution >= 4 is 39.1 Å². The minimum Gasteiger partial charge on any atom is -0.507 e. The fourth-order valence-electron chi connectivity index (χ4n) is 1.61. The molecule has 0 saturated heterocycles. The second-order valence-corrected chi connectivity index (χ2v) is 5.14. The molecule has 0 bridgehead atoms. The largest absolute Gasteiger partial charge is 0.507 e. The number of hydrogen-bond donors (Lipinski definition) is 2. The predicted octanol–water partition coefficient (Wildman–Crippen LogP) is 3.56. The van der Waals surface area contributed by atoms with Crippen LogP contribution in [-0.2, 0) is 9.59 Å². The van der Waals surface area contributed by atoms with Crippen LogP contribution in [0.1, 0.15) is 5.56 Å². The maximum atomic E-state index is 11.7. The molecule has 0 aliphatic carbocycles. The topological polar surface area (TPSA) is 66.4 Å². The van der Waals surface area contributed by atoms with Crippen LogP contribution in [0.5, 0.6) is 0 Å². The number of aliphatic hydroxyl groups excluding tert-OH is 1. The second kappa shape index (κ2) is 6.85. The molecule has 5 heteroatoms. The lowest BCUT2D eigenvalue weighted by Gasteiger charge is -2.03. The third-order valence-corrected chi connectivity index (χ3v) is 3.19. The van der Waals surface area contributed by atoms with Crippen molar-refractivity contribution in [1.82, 2.24) is 0 Å². The van der Waals surface area contributed by atoms with E-state index in [0.29, 0.717) is 11.3 Å². The highest BCUT2D eigenvalue weighted by molar-refractivity contribution is 9.10. The van der Waals surface area contributed by atoms with Crippen LogP contribution < -0.4 is 5.32 Å². The second-order valence-electron chi connectivity index (χ2n) is 4.22. The van der Waals surface area contributed by atoms with Crippen LogP contribution in [0.15, 0.2) is 65.1 Å². The van der Waals surface area contributed by atoms with E-state index in [1.807, 2.05) is 0 Å². The molecule has 0 saturated carbocycles. The molecule has 0 unspecified atom stereocenters. The summed E-state index contributed by atoms with van der Waals surface area (Å²) in [6.45, 7) is 0. The number of nitrogens with one attached hydrogen (secondary N) is 1. The molecule has 0 aliphatic heterocycles. The lowest BCUT2D eigenvalue weighted by molar-refractivity contribution is -0.131. The van der Waals surface area contributed by atoms with Gasteiger partial charge in [-0.1, -0.05) is 46.3 Å². The van der Waals surface area contributed by atoms with Gasteiger partial charge in [0.25, 0.3) is 5.91 Å². The van der Waals surface area contributed by atoms with E-state index in [9.17, 15) is 14.7 Å². The Morgan fingerprint density at radius 2 is 1.62 bits per heavy atom. The van der Waals surface area contributed by atoms with Crippen LogP contribution in [0.25, 0.3) is 5.76 Å². The molecule has 0 aliphatic rings. The van der Waals surface area contributed by atoms with Gasteiger partial charge in [-0.3, -0.25) is 9.59 Å². The smallest absolute Gasteiger partial charge is 0.296 e. The number of amides is 1. The molecular formula is C16H12BrNO3. The van der Waals surface area contributed by atoms with E-state index in [1.165, 1.54) is 0 Å². The van der Waals surface area contributed by atoms with E-state index < -0.39 is 11.7 Å². The standard InChI is InChI=1S/C16H12BrNO3/c17-12-8-6-11(7-9-12)14(19)10-15(20)16(21)18-13-4-2-1-3-5-13/h1-10,19H,(H,18,21). The zero-order valence-electron chi connectivity index (χ0n) is 10.9. The fourth-order valence-corrected chi connectivity index (χ4v) is 1.87. The number of carbonyl (C=O) groups excluding carboxylic acids is 2. The van der Waals surface area contributed by atoms with Gasteiger partial charge in [-0.25, -0.2) is 0 Å². The Bertz CT molecular complexity index is 678. The summed E-state index contributed by atoms with van der Waals surface area (Å²) >= 11 is 3.27. The molecule has 0 heterocycles. The number of hydrogen-bond acceptors (Lipinski definition) is 3. The number of carbonyl (C=O) groups is 2. The van der Waals surface area contributed by atoms with Crippen molar-refractivity contribution in [3.05, 3.63) is 70.7 Å². The molecule has 0 spiro atoms. The van der Waals surface area contributed by atoms with Crippen LogP contribution >= 0.6 is 15.9 Å². The fraction of sp³-hybridized carbons (Fsp3) is 0. The van der Waals surface area contributed by atoms with Gasteiger partial charge in [0.1, 0.15) is 5.76 Å². The van der Waals surface area contributed by atoms with Crippen molar-refractivity contribution < 1.29 is 14.7 Å². The lowest BCUT2D eigenvalue weighted by atomic mass is 10.1. The highest BCUT2D eigenvalue weighted by atomic mass is 79.9. The average molecular weight is 346 g/mol. The van der Waals surface area contributed by atoms with Gasteiger partial charge in [-0.05, 0) is 24.3 Å². The number of halogens is 1. The summed E-state index contributed by atoms with van der Waals surface area (Å²) in [6.07, 6.45) is 0.904. The van der Waals surface area contributed by atoms with E-state index in [1.54, 1.807) is 54.6 Å². The van der Waals surface area contributed by atoms with Crippen molar-refractivity contribution in [3.8, 4) is 0 Å². The first kappa shape index (κ1) is 15.0. The Morgan fingerprint density at radius 1 is 1.00 bits per heavy atom. The number of para-hydroxylation sites is 1. The monoisotopic (exact) mass is 345 g/mol. The summed E-state index contributed by atoms with van der Waals surface area (Å²) < 4.78 is 0.854. The maximum Gasteiger partial charge on any atom is 0.296 e. The Kier molecular flexibility index (Phi) is 4.90. The molecule has 21 heavy (non-hydrogen) atoms. The summed E-state index contributed by atoms with van der Waals surface area (Å²) in [5.41, 5.74) is 0.978. The van der Waals surface area contributed by atoms with Crippen LogP contribution in [0.2, 0.25) is 0 Å². The normalized spacial score (nSPS) is 11.0. The SMILES string of the molecule is O=C(C=C(O)c1ccc(Br)cc1)C(=O)Nc1ccccc1. The van der Waals surface area contributed by atoms with Crippen molar-refractivity contribution in [3.63, 3.8) is 0 Å². The van der Waals surface area contributed by atoms with Crippen molar-refractivity contribution in [2.24, 2.45) is 0 Å². The molecule has 0 aromatic heterocycles. The minimum atomic E-state index is -0.820. The number of rotatable bonds is 4. The van der Waals surface area contributed by atoms with Gasteiger partial charge in [-0.2, -0.15) is 0 Å². The Morgan fingerprint density at radius 3 is 2.24 bits per heavy atom. The van der Waals surface area contributed by atoms with Gasteiger partial charge in [-0.15, -0.1) is 0 Å². The first-order valence-corrected chi connectivity index (χ1v) is 6.92. The number of aliphatic hydroxyl groups is 1. The van der Waals surface area contributed by atoms with Gasteiger partial charge in [0, 0.05) is 21.8 Å². The van der Waals surface area contributed by atoms with Crippen LogP contribution in [0.3, 0.4) is 0 Å². The van der Waals surface area contributed by atoms with Gasteiger partial charge < -0.3 is 10.4 Å². The van der Waals surface area contributed by atoms with E-state index in [0.717, 1.165) is 10.5 Å². The van der Waals surface area contributed by atoms with Gasteiger partial charge in [0.05, 0.1) is 0 Å². The van der Waals surface area contributed by atoms with E-state index >= 15 is 0 Å². The molecule has 0 radical (unpaired) electrons. The zero-order chi connectivity index (χ0) is 15.2. The van der Waals surface area contributed by atoms with Crippen LogP contribution in [0.4, 0.5) is 5.69 Å². The Labute approximate surface area is 130 Å². The summed E-state index contributed by atoms with van der Waals surface area (Å²) in [6, 6.07) is 15.4. The predicted molar refractivity (Wildman–Crippen MR) is 84.8 cm³/mol. The number of benzene rings is 2. The lowest BCUT2D eigenvalue weighted by Crippen LogP contribution is -2.21. The highest BCUT2D eigenvalue weighted by Gasteiger charge is 2.13. The first-order chi connectivity index (χ1) is 10.1. The third-order valence-electron chi connectivity index (χ3n) is 2.66. The quantitative estimate of drug-likeness (QED) is 0.505. The van der Waals surface area contributed by atoms with Gasteiger partial charge >= 0.3 is 0 Å². The Hall–Kier alpha value is -2.40. The maximum absolute atomic E-state index is 11.7. The van der Waals surface area contributed by atoms with Crippen molar-refractivity contribution in [2.45, 2.75) is 0 Å². The molecular weight excluding hydrogens is 334 g/mol. The molecule has 2 aromatic carbocycles. The third kappa shape index (κ3) is 4.29.